The fraction of sp³-hybridized carbons (Fsp3) is 0.800. The fourth-order valence-electron chi connectivity index (χ4n) is 1.70. The van der Waals surface area contributed by atoms with Gasteiger partial charge in [-0.05, 0) is 25.2 Å². The first-order valence-corrected chi connectivity index (χ1v) is 4.84. The van der Waals surface area contributed by atoms with Gasteiger partial charge < -0.3 is 4.74 Å². The SMILES string of the molecule is C#CCCC(CC1CCOC1)NN. The van der Waals surface area contributed by atoms with E-state index in [4.69, 9.17) is 17.0 Å². The molecule has 0 amide bonds. The summed E-state index contributed by atoms with van der Waals surface area (Å²) in [4.78, 5) is 0. The molecule has 3 N–H and O–H groups in total. The van der Waals surface area contributed by atoms with Crippen LogP contribution in [0.4, 0.5) is 0 Å². The Kier molecular flexibility index (Phi) is 4.84. The van der Waals surface area contributed by atoms with Crippen molar-refractivity contribution < 1.29 is 4.74 Å². The van der Waals surface area contributed by atoms with Crippen molar-refractivity contribution in [3.05, 3.63) is 0 Å². The number of hydrazine groups is 1. The quantitative estimate of drug-likeness (QED) is 0.373. The summed E-state index contributed by atoms with van der Waals surface area (Å²) in [7, 11) is 0. The third-order valence-corrected chi connectivity index (χ3v) is 2.51. The van der Waals surface area contributed by atoms with Crippen LogP contribution in [0.15, 0.2) is 0 Å². The van der Waals surface area contributed by atoms with E-state index in [1.54, 1.807) is 0 Å². The van der Waals surface area contributed by atoms with Crippen molar-refractivity contribution >= 4 is 0 Å². The van der Waals surface area contributed by atoms with E-state index in [-0.39, 0.29) is 0 Å². The first kappa shape index (κ1) is 10.5. The maximum Gasteiger partial charge on any atom is 0.0495 e. The van der Waals surface area contributed by atoms with Crippen LogP contribution in [0.25, 0.3) is 0 Å². The molecule has 1 aliphatic rings. The van der Waals surface area contributed by atoms with E-state index in [1.165, 1.54) is 0 Å². The predicted molar refractivity (Wildman–Crippen MR) is 52.7 cm³/mol. The lowest BCUT2D eigenvalue weighted by Gasteiger charge is -2.17. The van der Waals surface area contributed by atoms with E-state index in [2.05, 4.69) is 11.3 Å². The molecule has 2 atom stereocenters. The highest BCUT2D eigenvalue weighted by Crippen LogP contribution is 2.19. The summed E-state index contributed by atoms with van der Waals surface area (Å²) >= 11 is 0. The Bertz CT molecular complexity index is 170. The van der Waals surface area contributed by atoms with Crippen molar-refractivity contribution in [2.45, 2.75) is 31.7 Å². The second-order valence-corrected chi connectivity index (χ2v) is 3.57. The molecule has 0 aromatic carbocycles. The van der Waals surface area contributed by atoms with E-state index in [9.17, 15) is 0 Å². The van der Waals surface area contributed by atoms with E-state index in [0.29, 0.717) is 12.0 Å². The van der Waals surface area contributed by atoms with Crippen molar-refractivity contribution in [2.75, 3.05) is 13.2 Å². The zero-order valence-corrected chi connectivity index (χ0v) is 7.96. The minimum atomic E-state index is 0.350. The summed E-state index contributed by atoms with van der Waals surface area (Å²) in [5.41, 5.74) is 2.81. The number of hydrogen-bond donors (Lipinski definition) is 2. The largest absolute Gasteiger partial charge is 0.381 e. The van der Waals surface area contributed by atoms with E-state index in [1.807, 2.05) is 0 Å². The molecule has 13 heavy (non-hydrogen) atoms. The molecule has 3 nitrogen and oxygen atoms in total. The fourth-order valence-corrected chi connectivity index (χ4v) is 1.70. The molecule has 1 fully saturated rings. The van der Waals surface area contributed by atoms with Gasteiger partial charge in [0.2, 0.25) is 0 Å². The number of terminal acetylenes is 1. The molecule has 1 heterocycles. The van der Waals surface area contributed by atoms with Crippen molar-refractivity contribution in [1.29, 1.82) is 0 Å². The van der Waals surface area contributed by atoms with Crippen LogP contribution in [0.1, 0.15) is 25.7 Å². The van der Waals surface area contributed by atoms with Crippen LogP contribution in [0.2, 0.25) is 0 Å². The summed E-state index contributed by atoms with van der Waals surface area (Å²) in [6.45, 7) is 1.78. The van der Waals surface area contributed by atoms with Gasteiger partial charge >= 0.3 is 0 Å². The molecule has 0 bridgehead atoms. The minimum absolute atomic E-state index is 0.350. The molecule has 2 unspecified atom stereocenters. The highest BCUT2D eigenvalue weighted by Gasteiger charge is 2.19. The summed E-state index contributed by atoms with van der Waals surface area (Å²) in [6, 6.07) is 0.350. The molecule has 0 spiro atoms. The lowest BCUT2D eigenvalue weighted by Crippen LogP contribution is -2.36. The van der Waals surface area contributed by atoms with E-state index < -0.39 is 0 Å². The molecule has 0 aromatic heterocycles. The summed E-state index contributed by atoms with van der Waals surface area (Å²) < 4.78 is 5.30. The molecule has 1 saturated heterocycles. The molecule has 0 aromatic rings. The van der Waals surface area contributed by atoms with Crippen LogP contribution >= 0.6 is 0 Å². The molecular formula is C10H18N2O. The Morgan fingerprint density at radius 1 is 1.69 bits per heavy atom. The van der Waals surface area contributed by atoms with Crippen molar-refractivity contribution in [3.63, 3.8) is 0 Å². The molecule has 1 aliphatic heterocycles. The first-order chi connectivity index (χ1) is 6.36. The Labute approximate surface area is 80.0 Å². The first-order valence-electron chi connectivity index (χ1n) is 4.84. The van der Waals surface area contributed by atoms with Gasteiger partial charge in [0.15, 0.2) is 0 Å². The van der Waals surface area contributed by atoms with Gasteiger partial charge in [0, 0.05) is 25.7 Å². The lowest BCUT2D eigenvalue weighted by molar-refractivity contribution is 0.181. The normalized spacial score (nSPS) is 24.2. The molecule has 1 rings (SSSR count). The van der Waals surface area contributed by atoms with Gasteiger partial charge in [-0.25, -0.2) is 0 Å². The number of nitrogens with one attached hydrogen (secondary N) is 1. The third-order valence-electron chi connectivity index (χ3n) is 2.51. The maximum absolute atomic E-state index is 5.43. The number of hydrogen-bond acceptors (Lipinski definition) is 3. The number of rotatable bonds is 5. The van der Waals surface area contributed by atoms with Crippen LogP contribution in [0, 0.1) is 18.3 Å². The van der Waals surface area contributed by atoms with Crippen LogP contribution in [-0.4, -0.2) is 19.3 Å². The van der Waals surface area contributed by atoms with Crippen LogP contribution in [-0.2, 0) is 4.74 Å². The third kappa shape index (κ3) is 3.77. The van der Waals surface area contributed by atoms with Gasteiger partial charge in [0.25, 0.3) is 0 Å². The van der Waals surface area contributed by atoms with Gasteiger partial charge in [0.05, 0.1) is 0 Å². The average Bonchev–Trinajstić information content (AvgIpc) is 2.64. The van der Waals surface area contributed by atoms with Crippen molar-refractivity contribution in [3.8, 4) is 12.3 Å². The summed E-state index contributed by atoms with van der Waals surface area (Å²) in [6.07, 6.45) is 9.19. The standard InChI is InChI=1S/C10H18N2O/c1-2-3-4-10(12-11)7-9-5-6-13-8-9/h1,9-10,12H,3-8,11H2. The summed E-state index contributed by atoms with van der Waals surface area (Å²) in [5.74, 6) is 8.73. The predicted octanol–water partition coefficient (Wildman–Crippen LogP) is 0.658. The zero-order valence-electron chi connectivity index (χ0n) is 7.96. The van der Waals surface area contributed by atoms with Gasteiger partial charge in [-0.1, -0.05) is 0 Å². The van der Waals surface area contributed by atoms with Crippen LogP contribution in [0.3, 0.4) is 0 Å². The average molecular weight is 182 g/mol. The minimum Gasteiger partial charge on any atom is -0.381 e. The molecular weight excluding hydrogens is 164 g/mol. The zero-order chi connectivity index (χ0) is 9.52. The maximum atomic E-state index is 5.43. The van der Waals surface area contributed by atoms with E-state index in [0.717, 1.165) is 38.9 Å². The molecule has 74 valence electrons. The van der Waals surface area contributed by atoms with Gasteiger partial charge in [0.1, 0.15) is 0 Å². The molecule has 0 radical (unpaired) electrons. The highest BCUT2D eigenvalue weighted by atomic mass is 16.5. The van der Waals surface area contributed by atoms with E-state index >= 15 is 0 Å². The smallest absolute Gasteiger partial charge is 0.0495 e. The number of ether oxygens (including phenoxy) is 1. The Hall–Kier alpha value is -0.560. The molecule has 0 saturated carbocycles. The van der Waals surface area contributed by atoms with Crippen LogP contribution in [0.5, 0.6) is 0 Å². The Morgan fingerprint density at radius 3 is 3.08 bits per heavy atom. The van der Waals surface area contributed by atoms with Gasteiger partial charge in [-0.15, -0.1) is 12.3 Å². The lowest BCUT2D eigenvalue weighted by atomic mass is 9.97. The Balaban J connectivity index is 2.18. The molecule has 0 aliphatic carbocycles. The number of nitrogens with two attached hydrogens (primary N) is 1. The topological polar surface area (TPSA) is 47.3 Å². The van der Waals surface area contributed by atoms with Crippen molar-refractivity contribution in [2.24, 2.45) is 11.8 Å². The summed E-state index contributed by atoms with van der Waals surface area (Å²) in [5, 5.41) is 0. The van der Waals surface area contributed by atoms with Gasteiger partial charge in [-0.2, -0.15) is 0 Å². The molecule has 3 heteroatoms. The monoisotopic (exact) mass is 182 g/mol. The second kappa shape index (κ2) is 5.98. The van der Waals surface area contributed by atoms with Gasteiger partial charge in [-0.3, -0.25) is 11.3 Å². The Morgan fingerprint density at radius 2 is 2.54 bits per heavy atom. The highest BCUT2D eigenvalue weighted by molar-refractivity contribution is 4.86. The second-order valence-electron chi connectivity index (χ2n) is 3.57. The van der Waals surface area contributed by atoms with Crippen LogP contribution < -0.4 is 11.3 Å². The van der Waals surface area contributed by atoms with Crippen molar-refractivity contribution in [1.82, 2.24) is 5.43 Å².